The Labute approximate surface area is 517 Å². The molecule has 432 valence electrons. The van der Waals surface area contributed by atoms with E-state index in [0.29, 0.717) is 10.0 Å². The van der Waals surface area contributed by atoms with Crippen LogP contribution in [0.4, 0.5) is 22.7 Å². The van der Waals surface area contributed by atoms with Gasteiger partial charge in [-0.2, -0.15) is 0 Å². The molecule has 0 bridgehead atoms. The predicted octanol–water partition coefficient (Wildman–Crippen LogP) is 17.4. The first-order valence-corrected chi connectivity index (χ1v) is 40.7. The fourth-order valence-corrected chi connectivity index (χ4v) is 12.6. The number of terminal acetylenes is 1. The van der Waals surface area contributed by atoms with Crippen LogP contribution in [0.1, 0.15) is 47.1 Å². The van der Waals surface area contributed by atoms with Crippen molar-refractivity contribution in [2.45, 2.75) is 91.9 Å². The van der Waals surface area contributed by atoms with E-state index in [1.807, 2.05) is 41.5 Å². The summed E-state index contributed by atoms with van der Waals surface area (Å²) in [6, 6.07) is 74.1. The van der Waals surface area contributed by atoms with Gasteiger partial charge in [0.1, 0.15) is 16.1 Å². The third kappa shape index (κ3) is 28.0. The number of hydrogen-bond acceptors (Lipinski definition) is 6. The Balaban J connectivity index is 0.000000274. The molecule has 0 heterocycles. The SMILES string of the molecule is C#C[Si](C)(C)C.CC(C)(C)Nc1ccc([N+](=O)[O-])cc1Br.CC(C)(C)Nc1ccc([N+](=O)[O-])cc1C#C[Si](C)(C)C.[Cl][Pd][Cl].c1ccc(P(c2ccccc2)c2ccccc2)cc1.c1ccc(P(c2ccccc2)c2ccccc2)cc1. The number of anilines is 2. The van der Waals surface area contributed by atoms with Crippen LogP contribution in [0, 0.1) is 43.7 Å². The van der Waals surface area contributed by atoms with Crippen LogP contribution < -0.4 is 42.5 Å². The predicted molar refractivity (Wildman–Crippen MR) is 365 cm³/mol. The molecule has 0 aliphatic heterocycles. The largest absolute Gasteiger partial charge is 0.0622 e. The Morgan fingerprint density at radius 1 is 0.476 bits per heavy atom. The third-order valence-electron chi connectivity index (χ3n) is 10.5. The number of nitro groups is 2. The molecule has 82 heavy (non-hydrogen) atoms. The number of nitrogens with zero attached hydrogens (tertiary/aromatic N) is 2. The van der Waals surface area contributed by atoms with Gasteiger partial charge in [-0.1, -0.05) is 227 Å². The van der Waals surface area contributed by atoms with Gasteiger partial charge >= 0.3 is 35.0 Å². The van der Waals surface area contributed by atoms with Gasteiger partial charge in [0.2, 0.25) is 0 Å². The molecule has 0 radical (unpaired) electrons. The molecule has 16 heteroatoms. The van der Waals surface area contributed by atoms with E-state index >= 15 is 0 Å². The van der Waals surface area contributed by atoms with Crippen LogP contribution in [-0.2, 0) is 15.9 Å². The Morgan fingerprint density at radius 2 is 0.732 bits per heavy atom. The minimum Gasteiger partial charge on any atom is -0.0622 e. The standard InChI is InChI=1S/2C18H15P.C15H22N2O2Si.C10H13BrN2O2.C5H10Si.2ClH.Pd/c2*1-4-10-16(11-5-1)19(17-12-6-2-7-13-17)18-14-8-3-9-15-18;1-15(2,3)16-14-8-7-13(17(18)19)11-12(14)9-10-20(4,5)6;1-10(2,3)12-9-5-4-7(13(14)15)6-8(9)11;1-5-6(2,3)4;;;/h2*1-15H;7-8,11,16H,1-6H3;4-6,12H,1-3H3;1H,2-4H3;2*1H;/q;;;;;;;+2/p-2. The van der Waals surface area contributed by atoms with Crippen LogP contribution in [0.15, 0.2) is 223 Å². The fraction of sp³-hybridized carbons (Fsp3) is 0.212. The van der Waals surface area contributed by atoms with Gasteiger partial charge in [-0.25, -0.2) is 0 Å². The third-order valence-corrected chi connectivity index (χ3v) is 17.8. The van der Waals surface area contributed by atoms with E-state index in [-0.39, 0.29) is 43.3 Å². The zero-order chi connectivity index (χ0) is 60.9. The first kappa shape index (κ1) is 70.6. The molecule has 0 saturated heterocycles. The maximum absolute atomic E-state index is 10.9. The normalized spacial score (nSPS) is 10.8. The van der Waals surface area contributed by atoms with E-state index in [2.05, 4.69) is 265 Å². The van der Waals surface area contributed by atoms with Crippen LogP contribution in [0.3, 0.4) is 0 Å². The van der Waals surface area contributed by atoms with Crippen molar-refractivity contribution >= 4 is 122 Å². The van der Waals surface area contributed by atoms with Crippen molar-refractivity contribution in [1.29, 1.82) is 0 Å². The van der Waals surface area contributed by atoms with Gasteiger partial charge in [-0.3, -0.25) is 20.2 Å². The van der Waals surface area contributed by atoms with Crippen LogP contribution in [-0.4, -0.2) is 37.1 Å². The molecule has 8 rings (SSSR count). The van der Waals surface area contributed by atoms with Crippen molar-refractivity contribution in [3.8, 4) is 23.4 Å². The second-order valence-corrected chi connectivity index (χ2v) is 39.5. The van der Waals surface area contributed by atoms with Crippen LogP contribution in [0.2, 0.25) is 39.3 Å². The van der Waals surface area contributed by atoms with Gasteiger partial charge in [0.05, 0.1) is 21.1 Å². The molecule has 0 amide bonds. The monoisotopic (exact) mass is 1360 g/mol. The molecule has 0 fully saturated rings. The molecule has 0 saturated carbocycles. The molecule has 0 atom stereocenters. The summed E-state index contributed by atoms with van der Waals surface area (Å²) in [5, 5.41) is 36.4. The van der Waals surface area contributed by atoms with E-state index in [9.17, 15) is 20.2 Å². The number of benzene rings is 8. The second kappa shape index (κ2) is 35.4. The molecule has 0 aliphatic carbocycles. The minimum atomic E-state index is -1.52. The van der Waals surface area contributed by atoms with Crippen molar-refractivity contribution in [1.82, 2.24) is 0 Å². The molecule has 0 aromatic heterocycles. The van der Waals surface area contributed by atoms with Gasteiger partial charge in [-0.05, 0) is 117 Å². The number of hydrogen-bond donors (Lipinski definition) is 2. The van der Waals surface area contributed by atoms with Gasteiger partial charge in [0.25, 0.3) is 11.4 Å². The summed E-state index contributed by atoms with van der Waals surface area (Å²) in [5.74, 6) is 3.12. The summed E-state index contributed by atoms with van der Waals surface area (Å²) in [6.07, 6.45) is 5.12. The quantitative estimate of drug-likeness (QED) is 0.0464. The van der Waals surface area contributed by atoms with E-state index < -0.39 is 36.9 Å². The van der Waals surface area contributed by atoms with Gasteiger partial charge < -0.3 is 10.6 Å². The summed E-state index contributed by atoms with van der Waals surface area (Å²) in [7, 11) is 6.11. The van der Waals surface area contributed by atoms with Crippen molar-refractivity contribution in [2.75, 3.05) is 10.6 Å². The molecule has 8 nitrogen and oxygen atoms in total. The number of nitro benzene ring substituents is 2. The van der Waals surface area contributed by atoms with E-state index in [0.717, 1.165) is 11.4 Å². The first-order chi connectivity index (χ1) is 38.6. The Bertz CT molecular complexity index is 2980. The first-order valence-electron chi connectivity index (χ1n) is 26.2. The van der Waals surface area contributed by atoms with Crippen LogP contribution >= 0.6 is 50.8 Å². The number of non-ortho nitro benzene ring substituents is 2. The van der Waals surface area contributed by atoms with Crippen molar-refractivity contribution in [2.24, 2.45) is 0 Å². The molecular formula is C66H75BrCl2N4O4P2PdSi2. The molecule has 0 spiro atoms. The smallest absolute Gasteiger partial charge is 0.0134 e. The molecule has 0 aliphatic rings. The maximum Gasteiger partial charge on any atom is -0.0134 e. The van der Waals surface area contributed by atoms with Crippen molar-refractivity contribution in [3.05, 3.63) is 249 Å². The average molecular weight is 1360 g/mol. The fourth-order valence-electron chi connectivity index (χ4n) is 7.00. The van der Waals surface area contributed by atoms with Crippen LogP contribution in [0.5, 0.6) is 0 Å². The Morgan fingerprint density at radius 3 is 0.963 bits per heavy atom. The van der Waals surface area contributed by atoms with E-state index in [4.69, 9.17) is 25.5 Å². The van der Waals surface area contributed by atoms with Crippen molar-refractivity contribution < 1.29 is 25.8 Å². The molecule has 0 unspecified atom stereocenters. The molecule has 8 aromatic rings. The summed E-state index contributed by atoms with van der Waals surface area (Å²) >= 11 is 3.20. The Hall–Kier alpha value is -5.70. The summed E-state index contributed by atoms with van der Waals surface area (Å²) < 4.78 is 0.701. The van der Waals surface area contributed by atoms with Gasteiger partial charge in [-0.15, -0.1) is 17.5 Å². The summed E-state index contributed by atoms with van der Waals surface area (Å²) in [6.45, 7) is 25.1. The summed E-state index contributed by atoms with van der Waals surface area (Å²) in [5.41, 5.74) is 8.36. The zero-order valence-electron chi connectivity index (χ0n) is 48.7. The van der Waals surface area contributed by atoms with Gasteiger partial charge in [0, 0.05) is 45.5 Å². The summed E-state index contributed by atoms with van der Waals surface area (Å²) in [4.78, 5) is 20.6. The van der Waals surface area contributed by atoms with E-state index in [1.165, 1.54) is 50.0 Å². The molecule has 8 aromatic carbocycles. The number of nitrogens with one attached hydrogen (secondary N) is 2. The second-order valence-electron chi connectivity index (χ2n) is 22.3. The molecule has 2 N–H and O–H groups in total. The van der Waals surface area contributed by atoms with Crippen molar-refractivity contribution in [3.63, 3.8) is 0 Å². The molecular weight excluding hydrogens is 1290 g/mol. The zero-order valence-corrected chi connectivity index (χ0v) is 57.2. The van der Waals surface area contributed by atoms with Gasteiger partial charge in [0.15, 0.2) is 0 Å². The minimum absolute atomic E-state index is 0.0708. The number of rotatable bonds is 10. The average Bonchev–Trinajstić information content (AvgIpc) is 3.43. The van der Waals surface area contributed by atoms with Crippen LogP contribution in [0.25, 0.3) is 0 Å². The van der Waals surface area contributed by atoms with E-state index in [1.54, 1.807) is 18.2 Å². The topological polar surface area (TPSA) is 110 Å². The maximum atomic E-state index is 10.9. The Kier molecular flexibility index (Phi) is 30.5. The number of halogens is 3.